The summed E-state index contributed by atoms with van der Waals surface area (Å²) in [6, 6.07) is 4.82. The van der Waals surface area contributed by atoms with Crippen molar-refractivity contribution in [3.05, 3.63) is 23.1 Å². The second kappa shape index (κ2) is 7.15. The molecule has 0 fully saturated rings. The molecule has 6 nitrogen and oxygen atoms in total. The number of aliphatic hydroxyl groups excluding tert-OH is 2. The van der Waals surface area contributed by atoms with Crippen LogP contribution >= 0.6 is 12.4 Å². The van der Waals surface area contributed by atoms with Crippen molar-refractivity contribution < 1.29 is 14.9 Å². The van der Waals surface area contributed by atoms with Crippen molar-refractivity contribution in [1.82, 2.24) is 0 Å². The minimum absolute atomic E-state index is 0. The van der Waals surface area contributed by atoms with Gasteiger partial charge in [0.15, 0.2) is 5.69 Å². The molecule has 0 heterocycles. The first-order valence-corrected chi connectivity index (χ1v) is 5.17. The van der Waals surface area contributed by atoms with E-state index in [1.54, 1.807) is 18.2 Å². The van der Waals surface area contributed by atoms with E-state index in [4.69, 9.17) is 4.74 Å². The van der Waals surface area contributed by atoms with E-state index in [1.807, 2.05) is 0 Å². The summed E-state index contributed by atoms with van der Waals surface area (Å²) in [5.74, 6) is 0.295. The Morgan fingerprint density at radius 2 is 1.83 bits per heavy atom. The summed E-state index contributed by atoms with van der Waals surface area (Å²) >= 11 is 0. The van der Waals surface area contributed by atoms with Gasteiger partial charge in [0.1, 0.15) is 18.2 Å². The first kappa shape index (κ1) is 16.6. The van der Waals surface area contributed by atoms with Crippen molar-refractivity contribution >= 4 is 23.8 Å². The molecule has 7 heteroatoms. The molecular formula is C11H17ClN2O4. The molecule has 0 saturated heterocycles. The molecule has 0 bridgehead atoms. The minimum Gasteiger partial charge on any atom is -0.494 e. The predicted octanol–water partition coefficient (Wildman–Crippen LogP) is 2.00. The van der Waals surface area contributed by atoms with Gasteiger partial charge in [-0.2, -0.15) is 0 Å². The van der Waals surface area contributed by atoms with Gasteiger partial charge < -0.3 is 19.8 Å². The fourth-order valence-electron chi connectivity index (χ4n) is 1.69. The Balaban J connectivity index is 0.00000289. The number of ether oxygens (including phenoxy) is 1. The Morgan fingerprint density at radius 1 is 1.28 bits per heavy atom. The highest BCUT2D eigenvalue weighted by Gasteiger charge is 2.22. The fraction of sp³-hybridized carbons (Fsp3) is 0.455. The molecule has 2 unspecified atom stereocenters. The number of rotatable bonds is 5. The number of benzene rings is 1. The van der Waals surface area contributed by atoms with E-state index < -0.39 is 12.5 Å². The summed E-state index contributed by atoms with van der Waals surface area (Å²) in [5.41, 5.74) is 0.376. The summed E-state index contributed by atoms with van der Waals surface area (Å²) in [4.78, 5) is 12.1. The second-order valence-electron chi connectivity index (χ2n) is 3.59. The minimum atomic E-state index is -0.956. The number of halogens is 1. The molecule has 2 N–H and O–H groups in total. The monoisotopic (exact) mass is 276 g/mol. The average molecular weight is 277 g/mol. The third-order valence-electron chi connectivity index (χ3n) is 2.37. The molecule has 2 atom stereocenters. The lowest BCUT2D eigenvalue weighted by molar-refractivity contribution is 0.105. The van der Waals surface area contributed by atoms with E-state index >= 15 is 0 Å². The zero-order valence-corrected chi connectivity index (χ0v) is 11.2. The number of anilines is 1. The van der Waals surface area contributed by atoms with E-state index in [9.17, 15) is 15.1 Å². The van der Waals surface area contributed by atoms with E-state index in [2.05, 4.69) is 5.18 Å². The molecule has 0 aliphatic rings. The van der Waals surface area contributed by atoms with E-state index in [0.717, 1.165) is 0 Å². The highest BCUT2D eigenvalue weighted by atomic mass is 35.5. The van der Waals surface area contributed by atoms with Gasteiger partial charge in [0.25, 0.3) is 0 Å². The quantitative estimate of drug-likeness (QED) is 0.635. The van der Waals surface area contributed by atoms with Gasteiger partial charge in [0, 0.05) is 0 Å². The largest absolute Gasteiger partial charge is 0.494 e. The number of hydrogen-bond acceptors (Lipinski definition) is 6. The van der Waals surface area contributed by atoms with Crippen LogP contribution in [0.25, 0.3) is 0 Å². The zero-order chi connectivity index (χ0) is 13.0. The van der Waals surface area contributed by atoms with E-state index in [-0.39, 0.29) is 18.1 Å². The van der Waals surface area contributed by atoms with Crippen LogP contribution in [0.4, 0.5) is 11.4 Å². The standard InChI is InChI=1S/C11H16N2O4.ClH/c1-7(14)13(8(2)15)9-5-4-6-10(17-3)11(9)12-16;/h4-8,14-15H,1-3H3;1H. The molecule has 0 aromatic heterocycles. The van der Waals surface area contributed by atoms with Crippen molar-refractivity contribution in [2.45, 2.75) is 26.3 Å². The highest BCUT2D eigenvalue weighted by Crippen LogP contribution is 2.38. The molecule has 0 aliphatic heterocycles. The average Bonchev–Trinajstić information content (AvgIpc) is 2.27. The molecule has 1 aromatic carbocycles. The Morgan fingerprint density at radius 3 is 2.22 bits per heavy atom. The Labute approximate surface area is 112 Å². The van der Waals surface area contributed by atoms with Gasteiger partial charge in [-0.25, -0.2) is 0 Å². The van der Waals surface area contributed by atoms with Gasteiger partial charge in [0.2, 0.25) is 0 Å². The third kappa shape index (κ3) is 3.32. The normalized spacial score (nSPS) is 13.2. The van der Waals surface area contributed by atoms with Crippen LogP contribution in [-0.4, -0.2) is 29.8 Å². The zero-order valence-electron chi connectivity index (χ0n) is 10.4. The van der Waals surface area contributed by atoms with Crippen molar-refractivity contribution in [3.8, 4) is 5.75 Å². The summed E-state index contributed by atoms with van der Waals surface area (Å²) in [5, 5.41) is 22.1. The number of nitrogens with zero attached hydrogens (tertiary/aromatic N) is 2. The highest BCUT2D eigenvalue weighted by molar-refractivity contribution is 5.85. The molecule has 18 heavy (non-hydrogen) atoms. The summed E-state index contributed by atoms with van der Waals surface area (Å²) in [6.07, 6.45) is -1.91. The van der Waals surface area contributed by atoms with Crippen LogP contribution < -0.4 is 9.64 Å². The Bertz CT molecular complexity index is 391. The van der Waals surface area contributed by atoms with Gasteiger partial charge in [-0.3, -0.25) is 0 Å². The van der Waals surface area contributed by atoms with Crippen molar-refractivity contribution in [1.29, 1.82) is 0 Å². The van der Waals surface area contributed by atoms with E-state index in [0.29, 0.717) is 11.4 Å². The van der Waals surface area contributed by atoms with Crippen LogP contribution in [0.3, 0.4) is 0 Å². The first-order chi connectivity index (χ1) is 8.02. The van der Waals surface area contributed by atoms with Crippen LogP contribution in [0.1, 0.15) is 13.8 Å². The lowest BCUT2D eigenvalue weighted by Crippen LogP contribution is -2.40. The molecule has 1 aromatic rings. The number of hydrogen-bond donors (Lipinski definition) is 2. The second-order valence-corrected chi connectivity index (χ2v) is 3.59. The maximum Gasteiger partial charge on any atom is 0.173 e. The van der Waals surface area contributed by atoms with Crippen molar-refractivity contribution in [2.75, 3.05) is 12.0 Å². The third-order valence-corrected chi connectivity index (χ3v) is 2.37. The number of methoxy groups -OCH3 is 1. The van der Waals surface area contributed by atoms with Gasteiger partial charge in [-0.15, -0.1) is 17.3 Å². The maximum atomic E-state index is 10.8. The number of nitroso groups, excluding NO2 is 1. The van der Waals surface area contributed by atoms with Gasteiger partial charge in [0.05, 0.1) is 12.8 Å². The van der Waals surface area contributed by atoms with Crippen LogP contribution in [0.2, 0.25) is 0 Å². The predicted molar refractivity (Wildman–Crippen MR) is 71.5 cm³/mol. The van der Waals surface area contributed by atoms with Crippen molar-refractivity contribution in [3.63, 3.8) is 0 Å². The molecule has 0 spiro atoms. The van der Waals surface area contributed by atoms with E-state index in [1.165, 1.54) is 25.9 Å². The smallest absolute Gasteiger partial charge is 0.173 e. The van der Waals surface area contributed by atoms with Crippen molar-refractivity contribution in [2.24, 2.45) is 5.18 Å². The summed E-state index contributed by atoms with van der Waals surface area (Å²) in [7, 11) is 1.42. The van der Waals surface area contributed by atoms with Gasteiger partial charge in [-0.1, -0.05) is 6.07 Å². The van der Waals surface area contributed by atoms with Crippen LogP contribution in [-0.2, 0) is 0 Å². The fourth-order valence-corrected chi connectivity index (χ4v) is 1.69. The molecule has 0 amide bonds. The summed E-state index contributed by atoms with van der Waals surface area (Å²) in [6.45, 7) is 2.97. The lowest BCUT2D eigenvalue weighted by Gasteiger charge is -2.31. The lowest BCUT2D eigenvalue weighted by atomic mass is 10.2. The molecule has 0 radical (unpaired) electrons. The topological polar surface area (TPSA) is 82.4 Å². The van der Waals surface area contributed by atoms with Crippen LogP contribution in [0.15, 0.2) is 23.4 Å². The Kier molecular flexibility index (Phi) is 6.61. The van der Waals surface area contributed by atoms with Crippen LogP contribution in [0, 0.1) is 4.91 Å². The Hall–Kier alpha value is -1.37. The summed E-state index contributed by atoms with van der Waals surface area (Å²) < 4.78 is 5.00. The molecule has 0 saturated carbocycles. The maximum absolute atomic E-state index is 10.8. The first-order valence-electron chi connectivity index (χ1n) is 5.17. The molecular weight excluding hydrogens is 260 g/mol. The van der Waals surface area contributed by atoms with Crippen LogP contribution in [0.5, 0.6) is 5.75 Å². The molecule has 1 rings (SSSR count). The SMILES string of the molecule is COc1cccc(N(C(C)O)C(C)O)c1N=O.Cl. The van der Waals surface area contributed by atoms with Gasteiger partial charge in [-0.05, 0) is 31.2 Å². The number of aliphatic hydroxyl groups is 2. The molecule has 102 valence electrons. The van der Waals surface area contributed by atoms with Gasteiger partial charge >= 0.3 is 0 Å². The molecule has 0 aliphatic carbocycles.